The van der Waals surface area contributed by atoms with Crippen LogP contribution in [0.2, 0.25) is 0 Å². The molecule has 1 aromatic heterocycles. The van der Waals surface area contributed by atoms with E-state index in [0.717, 1.165) is 37.5 Å². The van der Waals surface area contributed by atoms with Crippen molar-refractivity contribution in [1.29, 1.82) is 0 Å². The van der Waals surface area contributed by atoms with Gasteiger partial charge in [-0.1, -0.05) is 6.07 Å². The number of imidazole rings is 1. The van der Waals surface area contributed by atoms with Crippen LogP contribution in [0, 0.1) is 0 Å². The molecule has 1 saturated carbocycles. The van der Waals surface area contributed by atoms with Crippen molar-refractivity contribution in [3.8, 4) is 0 Å². The van der Waals surface area contributed by atoms with Crippen LogP contribution in [0.5, 0.6) is 0 Å². The third kappa shape index (κ3) is 5.23. The van der Waals surface area contributed by atoms with Gasteiger partial charge in [-0.05, 0) is 62.1 Å². The Morgan fingerprint density at radius 2 is 1.92 bits per heavy atom. The van der Waals surface area contributed by atoms with Crippen molar-refractivity contribution in [2.45, 2.75) is 42.7 Å². The molecule has 2 aromatic carbocycles. The summed E-state index contributed by atoms with van der Waals surface area (Å²) >= 11 is 0. The van der Waals surface area contributed by atoms with Gasteiger partial charge in [0.1, 0.15) is 6.61 Å². The molecule has 0 bridgehead atoms. The second kappa shape index (κ2) is 10.2. The number of hydroxylamine groups is 1. The fourth-order valence-electron chi connectivity index (χ4n) is 5.01. The number of nitrogens with zero attached hydrogens (tertiary/aromatic N) is 3. The molecule has 2 aliphatic rings. The summed E-state index contributed by atoms with van der Waals surface area (Å²) in [5, 5.41) is 12.2. The van der Waals surface area contributed by atoms with E-state index in [1.165, 1.54) is 18.2 Å². The molecule has 0 atom stereocenters. The van der Waals surface area contributed by atoms with E-state index >= 15 is 0 Å². The number of nitrogens with one attached hydrogen (secondary N) is 2. The van der Waals surface area contributed by atoms with Gasteiger partial charge in [-0.15, -0.1) is 0 Å². The normalized spacial score (nSPS) is 20.8. The number of fused-ring (bicyclic) bond motifs is 1. The smallest absolute Gasteiger partial charge is 0.258 e. The van der Waals surface area contributed by atoms with Gasteiger partial charge in [0.05, 0.1) is 22.5 Å². The van der Waals surface area contributed by atoms with Crippen LogP contribution in [0.25, 0.3) is 11.0 Å². The number of morpholine rings is 1. The van der Waals surface area contributed by atoms with Crippen LogP contribution in [-0.4, -0.2) is 67.0 Å². The van der Waals surface area contributed by atoms with Gasteiger partial charge in [0.15, 0.2) is 9.84 Å². The van der Waals surface area contributed by atoms with E-state index in [-0.39, 0.29) is 35.1 Å². The van der Waals surface area contributed by atoms with Gasteiger partial charge < -0.3 is 19.4 Å². The van der Waals surface area contributed by atoms with Crippen LogP contribution >= 0.6 is 0 Å². The number of carbonyl (C=O) groups excluding carboxylic acids is 2. The summed E-state index contributed by atoms with van der Waals surface area (Å²) < 4.78 is 31.2. The van der Waals surface area contributed by atoms with Crippen molar-refractivity contribution in [2.75, 3.05) is 36.2 Å². The Morgan fingerprint density at radius 3 is 2.62 bits per heavy atom. The Hall–Kier alpha value is -3.32. The van der Waals surface area contributed by atoms with Crippen LogP contribution in [-0.2, 0) is 19.4 Å². The molecule has 3 aromatic rings. The minimum absolute atomic E-state index is 0.0155. The Kier molecular flexibility index (Phi) is 6.99. The zero-order chi connectivity index (χ0) is 26.2. The Labute approximate surface area is 214 Å². The highest BCUT2D eigenvalue weighted by molar-refractivity contribution is 7.90. The predicted molar refractivity (Wildman–Crippen MR) is 137 cm³/mol. The summed E-state index contributed by atoms with van der Waals surface area (Å²) in [6, 6.07) is 11.5. The van der Waals surface area contributed by atoms with Gasteiger partial charge in [-0.25, -0.2) is 18.9 Å². The average molecular weight is 528 g/mol. The number of benzene rings is 2. The average Bonchev–Trinajstić information content (AvgIpc) is 3.25. The lowest BCUT2D eigenvalue weighted by molar-refractivity contribution is -0.125. The molecule has 5 rings (SSSR count). The molecule has 2 amide bonds. The molecule has 196 valence electrons. The van der Waals surface area contributed by atoms with Gasteiger partial charge in [0.25, 0.3) is 11.8 Å². The zero-order valence-electron chi connectivity index (χ0n) is 20.4. The second-order valence-corrected chi connectivity index (χ2v) is 11.5. The first-order valence-electron chi connectivity index (χ1n) is 12.2. The SMILES string of the molecule is CS(=O)(=O)c1cccc(C(=O)Nc2nc3cc(N4CCOCC4=O)ccc3n2C2CCC(NO)CC2)c1. The predicted octanol–water partition coefficient (Wildman–Crippen LogP) is 2.52. The van der Waals surface area contributed by atoms with E-state index < -0.39 is 15.7 Å². The van der Waals surface area contributed by atoms with E-state index in [4.69, 9.17) is 9.72 Å². The van der Waals surface area contributed by atoms with Crippen molar-refractivity contribution < 1.29 is 28.0 Å². The summed E-state index contributed by atoms with van der Waals surface area (Å²) in [6.45, 7) is 0.931. The van der Waals surface area contributed by atoms with Gasteiger partial charge in [0, 0.05) is 36.1 Å². The Bertz CT molecular complexity index is 1450. The summed E-state index contributed by atoms with van der Waals surface area (Å²) in [5.41, 5.74) is 4.69. The minimum Gasteiger partial charge on any atom is -0.370 e. The van der Waals surface area contributed by atoms with Crippen molar-refractivity contribution in [1.82, 2.24) is 15.0 Å². The van der Waals surface area contributed by atoms with Crippen LogP contribution in [0.15, 0.2) is 47.4 Å². The maximum atomic E-state index is 13.2. The number of amides is 2. The molecule has 37 heavy (non-hydrogen) atoms. The molecule has 3 N–H and O–H groups in total. The van der Waals surface area contributed by atoms with Gasteiger partial charge in [-0.3, -0.25) is 14.9 Å². The lowest BCUT2D eigenvalue weighted by atomic mass is 9.91. The summed E-state index contributed by atoms with van der Waals surface area (Å²) in [5.74, 6) is -0.258. The zero-order valence-corrected chi connectivity index (χ0v) is 21.2. The van der Waals surface area contributed by atoms with Crippen LogP contribution in [0.1, 0.15) is 42.1 Å². The monoisotopic (exact) mass is 527 g/mol. The van der Waals surface area contributed by atoms with Gasteiger partial charge >= 0.3 is 0 Å². The number of hydrogen-bond acceptors (Lipinski definition) is 8. The maximum absolute atomic E-state index is 13.2. The molecule has 2 fully saturated rings. The second-order valence-electron chi connectivity index (χ2n) is 9.47. The van der Waals surface area contributed by atoms with Gasteiger partial charge in [0.2, 0.25) is 5.95 Å². The molecule has 1 aliphatic carbocycles. The first-order chi connectivity index (χ1) is 17.7. The molecule has 0 spiro atoms. The number of carbonyl (C=O) groups is 2. The highest BCUT2D eigenvalue weighted by Crippen LogP contribution is 2.36. The molecule has 1 saturated heterocycles. The fourth-order valence-corrected chi connectivity index (χ4v) is 5.68. The highest BCUT2D eigenvalue weighted by atomic mass is 32.2. The molecular weight excluding hydrogens is 498 g/mol. The van der Waals surface area contributed by atoms with Crippen molar-refractivity contribution in [2.24, 2.45) is 0 Å². The first kappa shape index (κ1) is 25.3. The molecule has 12 heteroatoms. The number of sulfone groups is 1. The summed E-state index contributed by atoms with van der Waals surface area (Å²) in [7, 11) is -3.47. The lowest BCUT2D eigenvalue weighted by Gasteiger charge is -2.30. The summed E-state index contributed by atoms with van der Waals surface area (Å²) in [6.07, 6.45) is 4.13. The summed E-state index contributed by atoms with van der Waals surface area (Å²) in [4.78, 5) is 32.0. The molecule has 1 aliphatic heterocycles. The number of rotatable bonds is 6. The van der Waals surface area contributed by atoms with Crippen LogP contribution < -0.4 is 15.7 Å². The van der Waals surface area contributed by atoms with Crippen molar-refractivity contribution in [3.63, 3.8) is 0 Å². The maximum Gasteiger partial charge on any atom is 0.258 e. The standard InChI is InChI=1S/C25H29N5O6S/c1-37(34,35)20-4-2-3-16(13-20)24(32)27-25-26-21-14-19(29-11-12-36-15-23(29)31)9-10-22(21)30(25)18-7-5-17(28-33)6-8-18/h2-4,9-10,13-14,17-18,28,33H,5-8,11-12,15H2,1H3,(H,26,27,32). The molecule has 11 nitrogen and oxygen atoms in total. The molecule has 2 heterocycles. The number of anilines is 2. The lowest BCUT2D eigenvalue weighted by Crippen LogP contribution is -2.41. The highest BCUT2D eigenvalue weighted by Gasteiger charge is 2.28. The van der Waals surface area contributed by atoms with Crippen molar-refractivity contribution in [3.05, 3.63) is 48.0 Å². The Balaban J connectivity index is 1.52. The van der Waals surface area contributed by atoms with Crippen molar-refractivity contribution >= 4 is 44.3 Å². The fraction of sp³-hybridized carbons (Fsp3) is 0.400. The van der Waals surface area contributed by atoms with Gasteiger partial charge in [-0.2, -0.15) is 0 Å². The topological polar surface area (TPSA) is 143 Å². The van der Waals surface area contributed by atoms with E-state index in [1.54, 1.807) is 11.0 Å². The molecular formula is C25H29N5O6S. The Morgan fingerprint density at radius 1 is 1.14 bits per heavy atom. The van der Waals surface area contributed by atoms with Crippen LogP contribution in [0.3, 0.4) is 0 Å². The largest absolute Gasteiger partial charge is 0.370 e. The first-order valence-corrected chi connectivity index (χ1v) is 14.0. The molecule has 0 radical (unpaired) electrons. The van der Waals surface area contributed by atoms with E-state index in [1.807, 2.05) is 22.8 Å². The van der Waals surface area contributed by atoms with E-state index in [9.17, 15) is 23.2 Å². The third-order valence-electron chi connectivity index (χ3n) is 6.96. The van der Waals surface area contributed by atoms with E-state index in [2.05, 4.69) is 10.8 Å². The third-order valence-corrected chi connectivity index (χ3v) is 8.07. The quantitative estimate of drug-likeness (QED) is 0.415. The number of ether oxygens (including phenoxy) is 1. The number of hydrogen-bond donors (Lipinski definition) is 3. The van der Waals surface area contributed by atoms with Crippen LogP contribution in [0.4, 0.5) is 11.6 Å². The van der Waals surface area contributed by atoms with E-state index in [0.29, 0.717) is 30.3 Å². The number of aromatic nitrogens is 2. The minimum atomic E-state index is -3.47. The molecule has 0 unspecified atom stereocenters.